The smallest absolute Gasteiger partial charge is 0.251 e. The highest BCUT2D eigenvalue weighted by atomic mass is 19.2. The Kier molecular flexibility index (Phi) is 7.59. The van der Waals surface area contributed by atoms with Crippen LogP contribution in [0.4, 0.5) is 8.78 Å². The Morgan fingerprint density at radius 1 is 1.13 bits per heavy atom. The summed E-state index contributed by atoms with van der Waals surface area (Å²) in [5, 5.41) is 2.84. The summed E-state index contributed by atoms with van der Waals surface area (Å²) in [6, 6.07) is 8.65. The van der Waals surface area contributed by atoms with E-state index in [-0.39, 0.29) is 18.2 Å². The number of carbonyl (C=O) groups excluding carboxylic acids is 1. The van der Waals surface area contributed by atoms with E-state index in [2.05, 4.69) is 10.2 Å². The van der Waals surface area contributed by atoms with Gasteiger partial charge in [0.2, 0.25) is 0 Å². The largest absolute Gasteiger partial charge is 0.493 e. The molecule has 1 aliphatic rings. The molecule has 0 aliphatic carbocycles. The van der Waals surface area contributed by atoms with Gasteiger partial charge < -0.3 is 19.5 Å². The van der Waals surface area contributed by atoms with Gasteiger partial charge in [-0.05, 0) is 42.8 Å². The molecule has 1 fully saturated rings. The van der Waals surface area contributed by atoms with Crippen molar-refractivity contribution >= 4 is 5.91 Å². The Labute approximate surface area is 174 Å². The SMILES string of the molecule is CCOc1ccc([C@H](CNC(=O)c2ccc(F)c(F)c2)N2CCOCC2)cc1OC. The molecule has 162 valence electrons. The van der Waals surface area contributed by atoms with E-state index in [4.69, 9.17) is 14.2 Å². The van der Waals surface area contributed by atoms with Crippen LogP contribution in [-0.2, 0) is 4.74 Å². The Hall–Kier alpha value is -2.71. The van der Waals surface area contributed by atoms with Gasteiger partial charge in [0.25, 0.3) is 5.91 Å². The molecule has 2 aromatic rings. The monoisotopic (exact) mass is 420 g/mol. The van der Waals surface area contributed by atoms with E-state index in [1.54, 1.807) is 7.11 Å². The van der Waals surface area contributed by atoms with Crippen LogP contribution in [0.1, 0.15) is 28.9 Å². The predicted molar refractivity (Wildman–Crippen MR) is 108 cm³/mol. The molecule has 1 saturated heterocycles. The van der Waals surface area contributed by atoms with Crippen molar-refractivity contribution in [2.45, 2.75) is 13.0 Å². The van der Waals surface area contributed by atoms with Crippen molar-refractivity contribution in [1.29, 1.82) is 0 Å². The van der Waals surface area contributed by atoms with Gasteiger partial charge in [-0.25, -0.2) is 8.78 Å². The van der Waals surface area contributed by atoms with E-state index in [0.29, 0.717) is 44.4 Å². The van der Waals surface area contributed by atoms with Crippen molar-refractivity contribution in [3.63, 3.8) is 0 Å². The van der Waals surface area contributed by atoms with Crippen molar-refractivity contribution in [2.75, 3.05) is 46.6 Å². The Balaban J connectivity index is 1.80. The zero-order valence-corrected chi connectivity index (χ0v) is 17.1. The average Bonchev–Trinajstić information content (AvgIpc) is 2.77. The standard InChI is InChI=1S/C22H26F2N2O4/c1-3-30-20-7-5-15(13-21(20)28-2)19(26-8-10-29-11-9-26)14-25-22(27)16-4-6-17(23)18(24)12-16/h4-7,12-13,19H,3,8-11,14H2,1-2H3,(H,25,27)/t19-/m0/s1. The van der Waals surface area contributed by atoms with Crippen LogP contribution in [-0.4, -0.2) is 57.4 Å². The lowest BCUT2D eigenvalue weighted by atomic mass is 10.0. The summed E-state index contributed by atoms with van der Waals surface area (Å²) in [5.41, 5.74) is 1.02. The normalized spacial score (nSPS) is 15.5. The number of ether oxygens (including phenoxy) is 3. The minimum absolute atomic E-state index is 0.0684. The number of methoxy groups -OCH3 is 1. The number of carbonyl (C=O) groups is 1. The fourth-order valence-electron chi connectivity index (χ4n) is 3.44. The Morgan fingerprint density at radius 2 is 1.90 bits per heavy atom. The second kappa shape index (κ2) is 10.4. The molecule has 1 aliphatic heterocycles. The van der Waals surface area contributed by atoms with Crippen LogP contribution in [0.25, 0.3) is 0 Å². The van der Waals surface area contributed by atoms with Gasteiger partial charge in [0.05, 0.1) is 33.0 Å². The third-order valence-electron chi connectivity index (χ3n) is 5.00. The summed E-state index contributed by atoms with van der Waals surface area (Å²) in [7, 11) is 1.58. The number of halogens is 2. The Bertz CT molecular complexity index is 872. The molecule has 0 saturated carbocycles. The first kappa shape index (κ1) is 22.0. The van der Waals surface area contributed by atoms with Gasteiger partial charge in [0, 0.05) is 25.2 Å². The van der Waals surface area contributed by atoms with Gasteiger partial charge in [-0.2, -0.15) is 0 Å². The first-order valence-corrected chi connectivity index (χ1v) is 9.89. The minimum atomic E-state index is -1.05. The molecular formula is C22H26F2N2O4. The number of benzene rings is 2. The highest BCUT2D eigenvalue weighted by Crippen LogP contribution is 2.32. The second-order valence-electron chi connectivity index (χ2n) is 6.85. The highest BCUT2D eigenvalue weighted by molar-refractivity contribution is 5.94. The van der Waals surface area contributed by atoms with E-state index < -0.39 is 17.5 Å². The molecule has 30 heavy (non-hydrogen) atoms. The van der Waals surface area contributed by atoms with E-state index >= 15 is 0 Å². The van der Waals surface area contributed by atoms with Crippen molar-refractivity contribution in [2.24, 2.45) is 0 Å². The third-order valence-corrected chi connectivity index (χ3v) is 5.00. The van der Waals surface area contributed by atoms with Gasteiger partial charge in [-0.15, -0.1) is 0 Å². The quantitative estimate of drug-likeness (QED) is 0.711. The van der Waals surface area contributed by atoms with Gasteiger partial charge in [-0.3, -0.25) is 9.69 Å². The van der Waals surface area contributed by atoms with Crippen molar-refractivity contribution < 1.29 is 27.8 Å². The van der Waals surface area contributed by atoms with E-state index in [9.17, 15) is 13.6 Å². The number of amides is 1. The molecule has 0 unspecified atom stereocenters. The molecule has 0 spiro atoms. The van der Waals surface area contributed by atoms with E-state index in [1.807, 2.05) is 25.1 Å². The molecule has 1 amide bonds. The molecule has 0 radical (unpaired) electrons. The molecule has 3 rings (SSSR count). The molecule has 1 heterocycles. The summed E-state index contributed by atoms with van der Waals surface area (Å²) in [6.07, 6.45) is 0. The van der Waals surface area contributed by atoms with Crippen LogP contribution in [0.2, 0.25) is 0 Å². The molecule has 2 aromatic carbocycles. The molecule has 6 nitrogen and oxygen atoms in total. The van der Waals surface area contributed by atoms with Crippen molar-refractivity contribution in [3.05, 3.63) is 59.2 Å². The Morgan fingerprint density at radius 3 is 2.57 bits per heavy atom. The lowest BCUT2D eigenvalue weighted by molar-refractivity contribution is 0.0162. The number of rotatable bonds is 8. The zero-order valence-electron chi connectivity index (χ0n) is 17.1. The molecular weight excluding hydrogens is 394 g/mol. The first-order chi connectivity index (χ1) is 14.5. The maximum Gasteiger partial charge on any atom is 0.251 e. The summed E-state index contributed by atoms with van der Waals surface area (Å²) >= 11 is 0. The molecule has 0 aromatic heterocycles. The lowest BCUT2D eigenvalue weighted by Crippen LogP contribution is -2.43. The number of hydrogen-bond acceptors (Lipinski definition) is 5. The van der Waals surface area contributed by atoms with Crippen LogP contribution >= 0.6 is 0 Å². The fourth-order valence-corrected chi connectivity index (χ4v) is 3.44. The summed E-state index contributed by atoms with van der Waals surface area (Å²) in [6.45, 7) is 5.33. The second-order valence-corrected chi connectivity index (χ2v) is 6.85. The maximum absolute atomic E-state index is 13.5. The summed E-state index contributed by atoms with van der Waals surface area (Å²) in [4.78, 5) is 14.7. The highest BCUT2D eigenvalue weighted by Gasteiger charge is 2.25. The lowest BCUT2D eigenvalue weighted by Gasteiger charge is -2.35. The molecule has 8 heteroatoms. The zero-order chi connectivity index (χ0) is 21.5. The first-order valence-electron chi connectivity index (χ1n) is 9.89. The maximum atomic E-state index is 13.5. The van der Waals surface area contributed by atoms with Crippen LogP contribution in [0.5, 0.6) is 11.5 Å². The van der Waals surface area contributed by atoms with Crippen molar-refractivity contribution in [3.8, 4) is 11.5 Å². The van der Waals surface area contributed by atoms with Crippen LogP contribution < -0.4 is 14.8 Å². The van der Waals surface area contributed by atoms with Gasteiger partial charge >= 0.3 is 0 Å². The van der Waals surface area contributed by atoms with Crippen LogP contribution in [0.3, 0.4) is 0 Å². The van der Waals surface area contributed by atoms with E-state index in [1.165, 1.54) is 6.07 Å². The van der Waals surface area contributed by atoms with Gasteiger partial charge in [0.1, 0.15) is 0 Å². The number of nitrogens with one attached hydrogen (secondary N) is 1. The number of morpholine rings is 1. The summed E-state index contributed by atoms with van der Waals surface area (Å²) in [5.74, 6) is -1.25. The van der Waals surface area contributed by atoms with Crippen LogP contribution in [0.15, 0.2) is 36.4 Å². The molecule has 1 atom stereocenters. The van der Waals surface area contributed by atoms with Crippen molar-refractivity contribution in [1.82, 2.24) is 10.2 Å². The van der Waals surface area contributed by atoms with E-state index in [0.717, 1.165) is 17.7 Å². The number of nitrogens with zero attached hydrogens (tertiary/aromatic N) is 1. The predicted octanol–water partition coefficient (Wildman–Crippen LogP) is 3.18. The topological polar surface area (TPSA) is 60.0 Å². The third kappa shape index (κ3) is 5.25. The average molecular weight is 420 g/mol. The minimum Gasteiger partial charge on any atom is -0.493 e. The number of hydrogen-bond donors (Lipinski definition) is 1. The molecule has 0 bridgehead atoms. The summed E-state index contributed by atoms with van der Waals surface area (Å²) < 4.78 is 43.1. The van der Waals surface area contributed by atoms with Gasteiger partial charge in [0.15, 0.2) is 23.1 Å². The molecule has 1 N–H and O–H groups in total. The van der Waals surface area contributed by atoms with Gasteiger partial charge in [-0.1, -0.05) is 6.07 Å². The van der Waals surface area contributed by atoms with Crippen LogP contribution in [0, 0.1) is 11.6 Å². The fraction of sp³-hybridized carbons (Fsp3) is 0.409.